The SMILES string of the molecule is Nc1cccc(C23CCCC(C2)N(Cc2ccc(O)c4ccccc24)CC3)c1. The third kappa shape index (κ3) is 2.94. The van der Waals surface area contributed by atoms with Gasteiger partial charge >= 0.3 is 0 Å². The summed E-state index contributed by atoms with van der Waals surface area (Å²) < 4.78 is 0. The fraction of sp³-hybridized carbons (Fsp3) is 0.360. The van der Waals surface area contributed by atoms with Crippen LogP contribution in [0.3, 0.4) is 0 Å². The third-order valence-corrected chi connectivity index (χ3v) is 7.08. The number of nitrogen functional groups attached to an aromatic ring is 1. The number of fused-ring (bicyclic) bond motifs is 3. The zero-order chi connectivity index (χ0) is 19.1. The molecule has 1 saturated heterocycles. The van der Waals surface area contributed by atoms with Gasteiger partial charge in [-0.2, -0.15) is 0 Å². The lowest BCUT2D eigenvalue weighted by atomic mass is 9.63. The van der Waals surface area contributed by atoms with Gasteiger partial charge in [-0.1, -0.05) is 48.9 Å². The van der Waals surface area contributed by atoms with E-state index in [4.69, 9.17) is 5.73 Å². The first kappa shape index (κ1) is 17.6. The summed E-state index contributed by atoms with van der Waals surface area (Å²) in [5, 5.41) is 12.3. The molecule has 0 radical (unpaired) electrons. The summed E-state index contributed by atoms with van der Waals surface area (Å²) in [6.45, 7) is 2.08. The van der Waals surface area contributed by atoms with E-state index in [1.807, 2.05) is 24.3 Å². The molecule has 1 heterocycles. The van der Waals surface area contributed by atoms with E-state index in [2.05, 4.69) is 41.3 Å². The Kier molecular flexibility index (Phi) is 4.28. The van der Waals surface area contributed by atoms with Crippen LogP contribution in [0.4, 0.5) is 5.69 Å². The van der Waals surface area contributed by atoms with Crippen LogP contribution in [0.1, 0.15) is 43.2 Å². The third-order valence-electron chi connectivity index (χ3n) is 7.08. The quantitative estimate of drug-likeness (QED) is 0.620. The standard InChI is InChI=1S/C25H28N2O/c26-20-6-3-5-19(15-20)25-12-4-7-21(16-25)27(14-13-25)17-18-10-11-24(28)23-9-2-1-8-22(18)23/h1-3,5-6,8-11,15,21,28H,4,7,12-14,16-17,26H2. The molecule has 1 saturated carbocycles. The number of hydrogen-bond acceptors (Lipinski definition) is 3. The second-order valence-electron chi connectivity index (χ2n) is 8.67. The van der Waals surface area contributed by atoms with Crippen molar-refractivity contribution in [2.24, 2.45) is 0 Å². The Balaban J connectivity index is 1.42. The number of benzene rings is 3. The monoisotopic (exact) mass is 372 g/mol. The maximum Gasteiger partial charge on any atom is 0.123 e. The van der Waals surface area contributed by atoms with E-state index in [0.29, 0.717) is 17.2 Å². The molecule has 3 nitrogen and oxygen atoms in total. The van der Waals surface area contributed by atoms with Gasteiger partial charge in [0.25, 0.3) is 0 Å². The van der Waals surface area contributed by atoms with Crippen LogP contribution in [0.2, 0.25) is 0 Å². The number of phenolic OH excluding ortho intramolecular Hbond substituents is 1. The highest BCUT2D eigenvalue weighted by molar-refractivity contribution is 5.90. The van der Waals surface area contributed by atoms with Gasteiger partial charge in [0.1, 0.15) is 5.75 Å². The van der Waals surface area contributed by atoms with E-state index in [9.17, 15) is 5.11 Å². The minimum absolute atomic E-state index is 0.297. The predicted octanol–water partition coefficient (Wildman–Crippen LogP) is 5.21. The lowest BCUT2D eigenvalue weighted by Gasteiger charge is -2.51. The molecule has 28 heavy (non-hydrogen) atoms. The highest BCUT2D eigenvalue weighted by Crippen LogP contribution is 2.47. The lowest BCUT2D eigenvalue weighted by Crippen LogP contribution is -2.51. The van der Waals surface area contributed by atoms with Gasteiger partial charge < -0.3 is 10.8 Å². The maximum absolute atomic E-state index is 10.2. The van der Waals surface area contributed by atoms with E-state index in [-0.39, 0.29) is 0 Å². The second kappa shape index (κ2) is 6.82. The molecule has 5 rings (SSSR count). The van der Waals surface area contributed by atoms with Crippen molar-refractivity contribution in [3.63, 3.8) is 0 Å². The highest BCUT2D eigenvalue weighted by atomic mass is 16.3. The Labute approximate surface area is 166 Å². The molecule has 3 aromatic rings. The number of hydrogen-bond donors (Lipinski definition) is 2. The van der Waals surface area contributed by atoms with Crippen LogP contribution >= 0.6 is 0 Å². The van der Waals surface area contributed by atoms with Crippen molar-refractivity contribution in [2.45, 2.75) is 50.1 Å². The Morgan fingerprint density at radius 3 is 2.71 bits per heavy atom. The number of piperidine rings is 1. The van der Waals surface area contributed by atoms with Crippen molar-refractivity contribution < 1.29 is 5.11 Å². The minimum atomic E-state index is 0.297. The zero-order valence-electron chi connectivity index (χ0n) is 16.3. The number of nitrogens with two attached hydrogens (primary N) is 1. The van der Waals surface area contributed by atoms with E-state index in [0.717, 1.165) is 24.2 Å². The molecule has 144 valence electrons. The molecule has 3 heteroatoms. The fourth-order valence-corrected chi connectivity index (χ4v) is 5.60. The summed E-state index contributed by atoms with van der Waals surface area (Å²) in [5.41, 5.74) is 10.0. The minimum Gasteiger partial charge on any atom is -0.507 e. The summed E-state index contributed by atoms with van der Waals surface area (Å²) in [6, 6.07) is 21.3. The van der Waals surface area contributed by atoms with Crippen LogP contribution < -0.4 is 5.73 Å². The lowest BCUT2D eigenvalue weighted by molar-refractivity contribution is 0.0462. The Bertz CT molecular complexity index is 1010. The molecule has 3 aromatic carbocycles. The van der Waals surface area contributed by atoms with Gasteiger partial charge in [-0.3, -0.25) is 4.90 Å². The second-order valence-corrected chi connectivity index (χ2v) is 8.67. The molecule has 2 bridgehead atoms. The molecule has 2 unspecified atom stereocenters. The van der Waals surface area contributed by atoms with E-state index in [1.165, 1.54) is 48.6 Å². The zero-order valence-corrected chi connectivity index (χ0v) is 16.3. The van der Waals surface area contributed by atoms with Crippen LogP contribution in [-0.4, -0.2) is 22.6 Å². The fourth-order valence-electron chi connectivity index (χ4n) is 5.60. The van der Waals surface area contributed by atoms with Crippen molar-refractivity contribution in [3.05, 3.63) is 71.8 Å². The number of likely N-dealkylation sites (tertiary alicyclic amines) is 1. The van der Waals surface area contributed by atoms with Crippen molar-refractivity contribution in [1.82, 2.24) is 4.90 Å². The summed E-state index contributed by atoms with van der Waals surface area (Å²) in [6.07, 6.45) is 6.27. The van der Waals surface area contributed by atoms with Crippen LogP contribution in [0.5, 0.6) is 5.75 Å². The van der Waals surface area contributed by atoms with Crippen molar-refractivity contribution in [2.75, 3.05) is 12.3 Å². The molecule has 3 N–H and O–H groups in total. The molecular weight excluding hydrogens is 344 g/mol. The van der Waals surface area contributed by atoms with Crippen LogP contribution in [-0.2, 0) is 12.0 Å². The van der Waals surface area contributed by atoms with Gasteiger partial charge in [-0.05, 0) is 72.4 Å². The largest absolute Gasteiger partial charge is 0.507 e. The molecule has 2 atom stereocenters. The van der Waals surface area contributed by atoms with Crippen molar-refractivity contribution >= 4 is 16.5 Å². The topological polar surface area (TPSA) is 49.5 Å². The molecule has 2 fully saturated rings. The molecule has 0 amide bonds. The summed E-state index contributed by atoms with van der Waals surface area (Å²) in [7, 11) is 0. The van der Waals surface area contributed by atoms with Crippen molar-refractivity contribution in [1.29, 1.82) is 0 Å². The van der Waals surface area contributed by atoms with E-state index >= 15 is 0 Å². The van der Waals surface area contributed by atoms with Gasteiger partial charge in [0.15, 0.2) is 0 Å². The van der Waals surface area contributed by atoms with Gasteiger partial charge in [-0.25, -0.2) is 0 Å². The average molecular weight is 373 g/mol. The Hall–Kier alpha value is -2.52. The normalized spacial score (nSPS) is 25.1. The first-order chi connectivity index (χ1) is 13.6. The number of phenols is 1. The summed E-state index contributed by atoms with van der Waals surface area (Å²) in [4.78, 5) is 2.67. The van der Waals surface area contributed by atoms with E-state index < -0.39 is 0 Å². The van der Waals surface area contributed by atoms with E-state index in [1.54, 1.807) is 0 Å². The Morgan fingerprint density at radius 2 is 1.86 bits per heavy atom. The molecule has 2 aliphatic rings. The maximum atomic E-state index is 10.2. The smallest absolute Gasteiger partial charge is 0.123 e. The van der Waals surface area contributed by atoms with Crippen molar-refractivity contribution in [3.8, 4) is 5.75 Å². The number of aromatic hydroxyl groups is 1. The highest BCUT2D eigenvalue weighted by Gasteiger charge is 2.43. The first-order valence-corrected chi connectivity index (χ1v) is 10.4. The predicted molar refractivity (Wildman–Crippen MR) is 115 cm³/mol. The number of anilines is 1. The Morgan fingerprint density at radius 1 is 1.00 bits per heavy atom. The molecular formula is C25H28N2O. The summed E-state index contributed by atoms with van der Waals surface area (Å²) in [5.74, 6) is 0.372. The molecule has 1 aliphatic carbocycles. The van der Waals surface area contributed by atoms with Crippen LogP contribution in [0, 0.1) is 0 Å². The van der Waals surface area contributed by atoms with Crippen LogP contribution in [0.25, 0.3) is 10.8 Å². The number of nitrogens with zero attached hydrogens (tertiary/aromatic N) is 1. The van der Waals surface area contributed by atoms with Gasteiger partial charge in [0.2, 0.25) is 0 Å². The van der Waals surface area contributed by atoms with Crippen LogP contribution in [0.15, 0.2) is 60.7 Å². The average Bonchev–Trinajstić information content (AvgIpc) is 2.72. The van der Waals surface area contributed by atoms with Gasteiger partial charge in [0, 0.05) is 23.7 Å². The molecule has 0 aromatic heterocycles. The number of rotatable bonds is 3. The first-order valence-electron chi connectivity index (χ1n) is 10.4. The van der Waals surface area contributed by atoms with Gasteiger partial charge in [-0.15, -0.1) is 0 Å². The molecule has 0 spiro atoms. The summed E-state index contributed by atoms with van der Waals surface area (Å²) >= 11 is 0. The molecule has 1 aliphatic heterocycles. The van der Waals surface area contributed by atoms with Gasteiger partial charge in [0.05, 0.1) is 0 Å².